The number of aromatic hydroxyl groups is 1. The van der Waals surface area contributed by atoms with Gasteiger partial charge in [-0.25, -0.2) is 4.90 Å². The second kappa shape index (κ2) is 4.81. The lowest BCUT2D eigenvalue weighted by Gasteiger charge is -2.15. The molecule has 1 N–H and O–H groups in total. The van der Waals surface area contributed by atoms with Crippen molar-refractivity contribution < 1.29 is 14.7 Å². The zero-order chi connectivity index (χ0) is 14.1. The number of phenolic OH excluding ortho intramolecular Hbond substituents is 1. The summed E-state index contributed by atoms with van der Waals surface area (Å²) in [5.41, 5.74) is 1.26. The van der Waals surface area contributed by atoms with Crippen molar-refractivity contribution in [2.24, 2.45) is 0 Å². The van der Waals surface area contributed by atoms with Crippen molar-refractivity contribution in [3.63, 3.8) is 0 Å². The molecule has 4 nitrogen and oxygen atoms in total. The highest BCUT2D eigenvalue weighted by molar-refractivity contribution is 6.22. The van der Waals surface area contributed by atoms with Gasteiger partial charge in [-0.1, -0.05) is 36.4 Å². The number of benzene rings is 2. The molecule has 0 unspecified atom stereocenters. The van der Waals surface area contributed by atoms with E-state index in [0.717, 1.165) is 10.5 Å². The number of hydrogen-bond donors (Lipinski definition) is 1. The zero-order valence-corrected chi connectivity index (χ0v) is 10.7. The number of nitrogens with zero attached hydrogens (tertiary/aromatic N) is 1. The second-order valence-electron chi connectivity index (χ2n) is 4.75. The predicted octanol–water partition coefficient (Wildman–Crippen LogP) is 2.44. The molecule has 1 aliphatic rings. The Morgan fingerprint density at radius 3 is 2.45 bits per heavy atom. The molecule has 0 aromatic heterocycles. The number of anilines is 1. The molecule has 2 amide bonds. The van der Waals surface area contributed by atoms with E-state index in [1.165, 1.54) is 12.1 Å². The van der Waals surface area contributed by atoms with Crippen LogP contribution in [0.4, 0.5) is 5.69 Å². The Labute approximate surface area is 116 Å². The molecular weight excluding hydrogens is 254 g/mol. The summed E-state index contributed by atoms with van der Waals surface area (Å²) in [5, 5.41) is 9.48. The first-order valence-corrected chi connectivity index (χ1v) is 6.37. The van der Waals surface area contributed by atoms with E-state index in [1.54, 1.807) is 12.1 Å². The van der Waals surface area contributed by atoms with Crippen LogP contribution in [0.15, 0.2) is 54.6 Å². The zero-order valence-electron chi connectivity index (χ0n) is 10.7. The van der Waals surface area contributed by atoms with Crippen LogP contribution < -0.4 is 4.90 Å². The van der Waals surface area contributed by atoms with E-state index >= 15 is 0 Å². The number of imide groups is 1. The number of carbonyl (C=O) groups excluding carboxylic acids is 2. The van der Waals surface area contributed by atoms with Crippen molar-refractivity contribution in [2.75, 3.05) is 4.90 Å². The van der Waals surface area contributed by atoms with Crippen molar-refractivity contribution in [1.82, 2.24) is 0 Å². The summed E-state index contributed by atoms with van der Waals surface area (Å²) in [6.45, 7) is 0. The summed E-state index contributed by atoms with van der Waals surface area (Å²) in [6, 6.07) is 15.5. The third-order valence-electron chi connectivity index (χ3n) is 3.44. The van der Waals surface area contributed by atoms with Gasteiger partial charge in [-0.15, -0.1) is 0 Å². The molecule has 1 fully saturated rings. The van der Waals surface area contributed by atoms with Gasteiger partial charge >= 0.3 is 0 Å². The molecular formula is C16H13NO3. The first-order valence-electron chi connectivity index (χ1n) is 6.37. The molecule has 100 valence electrons. The maximum Gasteiger partial charge on any atom is 0.241 e. The van der Waals surface area contributed by atoms with Crippen molar-refractivity contribution >= 4 is 17.5 Å². The highest BCUT2D eigenvalue weighted by Gasteiger charge is 2.40. The molecule has 1 aliphatic heterocycles. The third-order valence-corrected chi connectivity index (χ3v) is 3.44. The Bertz CT molecular complexity index is 666. The van der Waals surface area contributed by atoms with Gasteiger partial charge in [0.2, 0.25) is 11.8 Å². The average Bonchev–Trinajstić information content (AvgIpc) is 2.75. The van der Waals surface area contributed by atoms with Gasteiger partial charge in [-0.3, -0.25) is 9.59 Å². The van der Waals surface area contributed by atoms with Crippen LogP contribution in [0, 0.1) is 0 Å². The first-order chi connectivity index (χ1) is 9.66. The van der Waals surface area contributed by atoms with Gasteiger partial charge in [-0.05, 0) is 17.7 Å². The van der Waals surface area contributed by atoms with Crippen LogP contribution >= 0.6 is 0 Å². The SMILES string of the molecule is O=C1C[C@@H](c2ccccc2)C(=O)N1c1cccc(O)c1. The van der Waals surface area contributed by atoms with Crippen molar-refractivity contribution in [1.29, 1.82) is 0 Å². The largest absolute Gasteiger partial charge is 0.508 e. The van der Waals surface area contributed by atoms with Gasteiger partial charge in [0.1, 0.15) is 5.75 Å². The fourth-order valence-corrected chi connectivity index (χ4v) is 2.48. The van der Waals surface area contributed by atoms with E-state index < -0.39 is 5.92 Å². The normalized spacial score (nSPS) is 18.6. The average molecular weight is 267 g/mol. The fourth-order valence-electron chi connectivity index (χ4n) is 2.48. The van der Waals surface area contributed by atoms with E-state index in [9.17, 15) is 14.7 Å². The van der Waals surface area contributed by atoms with Crippen LogP contribution in [0.3, 0.4) is 0 Å². The Balaban J connectivity index is 1.95. The first kappa shape index (κ1) is 12.4. The molecule has 3 rings (SSSR count). The van der Waals surface area contributed by atoms with Crippen LogP contribution in [0.25, 0.3) is 0 Å². The maximum absolute atomic E-state index is 12.5. The van der Waals surface area contributed by atoms with E-state index in [0.29, 0.717) is 5.69 Å². The van der Waals surface area contributed by atoms with Crippen LogP contribution in [0.2, 0.25) is 0 Å². The number of carbonyl (C=O) groups is 2. The van der Waals surface area contributed by atoms with E-state index in [1.807, 2.05) is 30.3 Å². The number of hydrogen-bond acceptors (Lipinski definition) is 3. The maximum atomic E-state index is 12.5. The molecule has 1 saturated heterocycles. The summed E-state index contributed by atoms with van der Waals surface area (Å²) < 4.78 is 0. The molecule has 2 aromatic rings. The quantitative estimate of drug-likeness (QED) is 0.850. The molecule has 2 aromatic carbocycles. The molecule has 0 aliphatic carbocycles. The minimum absolute atomic E-state index is 0.0336. The van der Waals surface area contributed by atoms with E-state index in [4.69, 9.17) is 0 Å². The van der Waals surface area contributed by atoms with Gasteiger partial charge in [0, 0.05) is 12.5 Å². The standard InChI is InChI=1S/C16H13NO3/c18-13-8-4-7-12(9-13)17-15(19)10-14(16(17)20)11-5-2-1-3-6-11/h1-9,14,18H,10H2/t14-/m0/s1. The van der Waals surface area contributed by atoms with Crippen LogP contribution in [0.5, 0.6) is 5.75 Å². The highest BCUT2D eigenvalue weighted by Crippen LogP contribution is 2.33. The molecule has 0 saturated carbocycles. The van der Waals surface area contributed by atoms with Gasteiger partial charge in [0.25, 0.3) is 0 Å². The van der Waals surface area contributed by atoms with Crippen LogP contribution in [0.1, 0.15) is 17.9 Å². The van der Waals surface area contributed by atoms with Crippen molar-refractivity contribution in [3.8, 4) is 5.75 Å². The van der Waals surface area contributed by atoms with E-state index in [2.05, 4.69) is 0 Å². The van der Waals surface area contributed by atoms with Crippen molar-refractivity contribution in [3.05, 3.63) is 60.2 Å². The molecule has 0 spiro atoms. The van der Waals surface area contributed by atoms with Gasteiger partial charge in [0.05, 0.1) is 11.6 Å². The highest BCUT2D eigenvalue weighted by atomic mass is 16.3. The summed E-state index contributed by atoms with van der Waals surface area (Å²) in [6.07, 6.45) is 0.165. The third kappa shape index (κ3) is 2.05. The molecule has 20 heavy (non-hydrogen) atoms. The lowest BCUT2D eigenvalue weighted by Crippen LogP contribution is -2.29. The van der Waals surface area contributed by atoms with Crippen molar-refractivity contribution in [2.45, 2.75) is 12.3 Å². The number of phenols is 1. The van der Waals surface area contributed by atoms with Gasteiger partial charge < -0.3 is 5.11 Å². The lowest BCUT2D eigenvalue weighted by atomic mass is 9.98. The topological polar surface area (TPSA) is 57.6 Å². The summed E-state index contributed by atoms with van der Waals surface area (Å²) in [7, 11) is 0. The summed E-state index contributed by atoms with van der Waals surface area (Å²) in [4.78, 5) is 25.7. The molecule has 0 radical (unpaired) electrons. The minimum Gasteiger partial charge on any atom is -0.508 e. The Morgan fingerprint density at radius 1 is 1.00 bits per heavy atom. The molecule has 0 bridgehead atoms. The van der Waals surface area contributed by atoms with E-state index in [-0.39, 0.29) is 24.0 Å². The Hall–Kier alpha value is -2.62. The van der Waals surface area contributed by atoms with Crippen LogP contribution in [-0.4, -0.2) is 16.9 Å². The second-order valence-corrected chi connectivity index (χ2v) is 4.75. The summed E-state index contributed by atoms with van der Waals surface area (Å²) in [5.74, 6) is -0.890. The van der Waals surface area contributed by atoms with Gasteiger partial charge in [0.15, 0.2) is 0 Å². The Morgan fingerprint density at radius 2 is 1.75 bits per heavy atom. The lowest BCUT2D eigenvalue weighted by molar-refractivity contribution is -0.121. The number of amides is 2. The smallest absolute Gasteiger partial charge is 0.241 e. The monoisotopic (exact) mass is 267 g/mol. The Kier molecular flexibility index (Phi) is 2.99. The predicted molar refractivity (Wildman–Crippen MR) is 74.4 cm³/mol. The molecule has 4 heteroatoms. The summed E-state index contributed by atoms with van der Waals surface area (Å²) >= 11 is 0. The minimum atomic E-state index is -0.439. The van der Waals surface area contributed by atoms with Crippen LogP contribution in [-0.2, 0) is 9.59 Å². The molecule has 1 atom stereocenters. The van der Waals surface area contributed by atoms with Gasteiger partial charge in [-0.2, -0.15) is 0 Å². The molecule has 1 heterocycles. The fraction of sp³-hybridized carbons (Fsp3) is 0.125. The number of rotatable bonds is 2.